The van der Waals surface area contributed by atoms with Crippen LogP contribution in [0.4, 0.5) is 29.6 Å². The van der Waals surface area contributed by atoms with Crippen molar-refractivity contribution in [3.05, 3.63) is 29.8 Å². The number of anilines is 2. The van der Waals surface area contributed by atoms with Crippen LogP contribution in [0.3, 0.4) is 0 Å². The average Bonchev–Trinajstić information content (AvgIpc) is 3.04. The molecular weight excluding hydrogens is 389 g/mol. The van der Waals surface area contributed by atoms with Gasteiger partial charge < -0.3 is 15.4 Å². The van der Waals surface area contributed by atoms with Gasteiger partial charge in [0.05, 0.1) is 12.4 Å². The minimum absolute atomic E-state index is 0.111. The number of carbonyl (C=O) groups excluding carboxylic acids is 1. The van der Waals surface area contributed by atoms with Gasteiger partial charge in [0.1, 0.15) is 11.9 Å². The molecule has 2 heterocycles. The number of ether oxygens (including phenoxy) is 1. The van der Waals surface area contributed by atoms with Crippen molar-refractivity contribution in [1.29, 1.82) is 0 Å². The van der Waals surface area contributed by atoms with Crippen molar-refractivity contribution in [2.75, 3.05) is 5.32 Å². The molecule has 3 N–H and O–H groups in total. The lowest BCUT2D eigenvalue weighted by Crippen LogP contribution is -2.36. The molecule has 0 spiro atoms. The highest BCUT2D eigenvalue weighted by atomic mass is 19.4. The number of aromatic nitrogens is 4. The molecule has 2 aromatic heterocycles. The van der Waals surface area contributed by atoms with Gasteiger partial charge in [0.2, 0.25) is 0 Å². The summed E-state index contributed by atoms with van der Waals surface area (Å²) in [5.41, 5.74) is -0.296. The van der Waals surface area contributed by atoms with Gasteiger partial charge >= 0.3 is 12.3 Å². The smallest absolute Gasteiger partial charge is 0.434 e. The standard InChI is InChI=1S/C18H21F3N6O2/c1-17(4-5-17)25-16(28)29-11-3-2-10(6-11)12-7-14(27-26-12)24-15-9-22-13(8-23-15)18(19,20)21/h7-11H,2-6H2,1H3,(H,25,28)(H2,23,24,26,27). The molecule has 0 bridgehead atoms. The second-order valence-electron chi connectivity index (χ2n) is 7.84. The molecule has 1 amide bonds. The first kappa shape index (κ1) is 19.5. The summed E-state index contributed by atoms with van der Waals surface area (Å²) in [6.07, 6.45) is 0.873. The van der Waals surface area contributed by atoms with Crippen molar-refractivity contribution < 1.29 is 22.7 Å². The number of carbonyl (C=O) groups is 1. The molecule has 2 fully saturated rings. The number of nitrogens with one attached hydrogen (secondary N) is 3. The first-order valence-electron chi connectivity index (χ1n) is 9.41. The topological polar surface area (TPSA) is 105 Å². The maximum absolute atomic E-state index is 12.5. The van der Waals surface area contributed by atoms with Gasteiger partial charge in [0.25, 0.3) is 0 Å². The molecule has 2 aliphatic rings. The van der Waals surface area contributed by atoms with Crippen LogP contribution in [0.5, 0.6) is 0 Å². The Balaban J connectivity index is 1.30. The number of halogens is 3. The molecule has 4 rings (SSSR count). The molecule has 156 valence electrons. The molecule has 2 saturated carbocycles. The lowest BCUT2D eigenvalue weighted by atomic mass is 10.0. The summed E-state index contributed by atoms with van der Waals surface area (Å²) >= 11 is 0. The monoisotopic (exact) mass is 410 g/mol. The summed E-state index contributed by atoms with van der Waals surface area (Å²) in [5.74, 6) is 0.748. The number of alkyl halides is 3. The van der Waals surface area contributed by atoms with Crippen LogP contribution < -0.4 is 10.6 Å². The normalized spacial score (nSPS) is 22.9. The van der Waals surface area contributed by atoms with Crippen LogP contribution in [-0.4, -0.2) is 37.9 Å². The second-order valence-corrected chi connectivity index (χ2v) is 7.84. The quantitative estimate of drug-likeness (QED) is 0.691. The van der Waals surface area contributed by atoms with Gasteiger partial charge in [0.15, 0.2) is 11.5 Å². The number of nitrogens with zero attached hydrogens (tertiary/aromatic N) is 3. The number of hydrogen-bond donors (Lipinski definition) is 3. The van der Waals surface area contributed by atoms with E-state index in [9.17, 15) is 18.0 Å². The van der Waals surface area contributed by atoms with Crippen LogP contribution in [0.15, 0.2) is 18.5 Å². The molecule has 29 heavy (non-hydrogen) atoms. The number of alkyl carbamates (subject to hydrolysis) is 1. The van der Waals surface area contributed by atoms with Gasteiger partial charge in [-0.2, -0.15) is 18.3 Å². The van der Waals surface area contributed by atoms with Crippen LogP contribution in [-0.2, 0) is 10.9 Å². The third kappa shape index (κ3) is 4.77. The predicted molar refractivity (Wildman–Crippen MR) is 96.5 cm³/mol. The fourth-order valence-electron chi connectivity index (χ4n) is 3.35. The van der Waals surface area contributed by atoms with Crippen molar-refractivity contribution in [3.63, 3.8) is 0 Å². The minimum Gasteiger partial charge on any atom is -0.446 e. The van der Waals surface area contributed by atoms with Crippen LogP contribution in [0.2, 0.25) is 0 Å². The number of aromatic amines is 1. The van der Waals surface area contributed by atoms with E-state index in [2.05, 4.69) is 30.8 Å². The van der Waals surface area contributed by atoms with Crippen LogP contribution >= 0.6 is 0 Å². The average molecular weight is 410 g/mol. The van der Waals surface area contributed by atoms with Crippen molar-refractivity contribution in [3.8, 4) is 0 Å². The molecule has 2 aromatic rings. The molecule has 0 radical (unpaired) electrons. The van der Waals surface area contributed by atoms with Crippen molar-refractivity contribution >= 4 is 17.7 Å². The van der Waals surface area contributed by atoms with Gasteiger partial charge in [0, 0.05) is 23.2 Å². The van der Waals surface area contributed by atoms with Crippen molar-refractivity contribution in [1.82, 2.24) is 25.5 Å². The number of amides is 1. The van der Waals surface area contributed by atoms with E-state index < -0.39 is 11.9 Å². The van der Waals surface area contributed by atoms with E-state index in [0.717, 1.165) is 37.6 Å². The SMILES string of the molecule is CC1(NC(=O)OC2CCC(c3cc(Nc4cnc(C(F)(F)F)cn4)n[nH]3)C2)CC1. The molecule has 0 saturated heterocycles. The molecule has 2 atom stereocenters. The Kier molecular flexibility index (Phi) is 4.83. The van der Waals surface area contributed by atoms with Crippen LogP contribution in [0, 0.1) is 0 Å². The van der Waals surface area contributed by atoms with Gasteiger partial charge in [-0.15, -0.1) is 0 Å². The summed E-state index contributed by atoms with van der Waals surface area (Å²) in [6, 6.07) is 1.78. The van der Waals surface area contributed by atoms with Crippen molar-refractivity contribution in [2.45, 2.75) is 62.8 Å². The molecule has 2 unspecified atom stereocenters. The Labute approximate surface area is 164 Å². The summed E-state index contributed by atoms with van der Waals surface area (Å²) in [6.45, 7) is 1.99. The summed E-state index contributed by atoms with van der Waals surface area (Å²) in [7, 11) is 0. The van der Waals surface area contributed by atoms with E-state index in [1.165, 1.54) is 0 Å². The third-order valence-electron chi connectivity index (χ3n) is 5.30. The Morgan fingerprint density at radius 3 is 2.69 bits per heavy atom. The van der Waals surface area contributed by atoms with Gasteiger partial charge in [-0.05, 0) is 39.0 Å². The molecule has 8 nitrogen and oxygen atoms in total. The predicted octanol–water partition coefficient (Wildman–Crippen LogP) is 3.88. The summed E-state index contributed by atoms with van der Waals surface area (Å²) in [5, 5.41) is 12.8. The van der Waals surface area contributed by atoms with Crippen molar-refractivity contribution in [2.24, 2.45) is 0 Å². The first-order valence-corrected chi connectivity index (χ1v) is 9.41. The van der Waals surface area contributed by atoms with E-state index in [1.54, 1.807) is 6.07 Å². The summed E-state index contributed by atoms with van der Waals surface area (Å²) in [4.78, 5) is 19.0. The Morgan fingerprint density at radius 2 is 2.03 bits per heavy atom. The molecule has 11 heteroatoms. The van der Waals surface area contributed by atoms with E-state index >= 15 is 0 Å². The molecular formula is C18H21F3N6O2. The maximum Gasteiger partial charge on any atom is 0.434 e. The first-order chi connectivity index (χ1) is 13.7. The minimum atomic E-state index is -4.53. The largest absolute Gasteiger partial charge is 0.446 e. The third-order valence-corrected chi connectivity index (χ3v) is 5.30. The van der Waals surface area contributed by atoms with E-state index in [4.69, 9.17) is 4.74 Å². The number of hydrogen-bond acceptors (Lipinski definition) is 6. The van der Waals surface area contributed by atoms with E-state index in [1.807, 2.05) is 6.92 Å². The summed E-state index contributed by atoms with van der Waals surface area (Å²) < 4.78 is 43.1. The van der Waals surface area contributed by atoms with Gasteiger partial charge in [-0.1, -0.05) is 0 Å². The van der Waals surface area contributed by atoms with E-state index in [0.29, 0.717) is 18.4 Å². The molecule has 2 aliphatic carbocycles. The Bertz CT molecular complexity index is 878. The maximum atomic E-state index is 12.5. The van der Waals surface area contributed by atoms with Crippen LogP contribution in [0.25, 0.3) is 0 Å². The lowest BCUT2D eigenvalue weighted by molar-refractivity contribution is -0.141. The zero-order valence-electron chi connectivity index (χ0n) is 15.7. The number of H-pyrrole nitrogens is 1. The molecule has 0 aromatic carbocycles. The molecule has 0 aliphatic heterocycles. The van der Waals surface area contributed by atoms with Crippen LogP contribution in [0.1, 0.15) is 56.3 Å². The zero-order valence-corrected chi connectivity index (χ0v) is 15.7. The Hall–Kier alpha value is -2.85. The number of rotatable bonds is 5. The highest BCUT2D eigenvalue weighted by molar-refractivity contribution is 5.69. The van der Waals surface area contributed by atoms with E-state index in [-0.39, 0.29) is 29.5 Å². The fourth-order valence-corrected chi connectivity index (χ4v) is 3.35. The second kappa shape index (κ2) is 7.20. The highest BCUT2D eigenvalue weighted by Gasteiger charge is 2.40. The van der Waals surface area contributed by atoms with Gasteiger partial charge in [-0.25, -0.2) is 14.8 Å². The zero-order chi connectivity index (χ0) is 20.6. The van der Waals surface area contributed by atoms with Gasteiger partial charge in [-0.3, -0.25) is 5.10 Å². The lowest BCUT2D eigenvalue weighted by Gasteiger charge is -2.16. The Morgan fingerprint density at radius 1 is 1.24 bits per heavy atom. The highest BCUT2D eigenvalue weighted by Crippen LogP contribution is 2.37. The fraction of sp³-hybridized carbons (Fsp3) is 0.556.